The topological polar surface area (TPSA) is 78.1 Å². The second-order valence-electron chi connectivity index (χ2n) is 3.27. The van der Waals surface area contributed by atoms with Gasteiger partial charge in [-0.15, -0.1) is 10.2 Å². The number of rotatable bonds is 2. The Morgan fingerprint density at radius 1 is 1.38 bits per heavy atom. The SMILES string of the molecule is CCOC(=O)c1cc2cc(N)ccc2nn1. The highest BCUT2D eigenvalue weighted by atomic mass is 16.5. The summed E-state index contributed by atoms with van der Waals surface area (Å²) in [7, 11) is 0. The van der Waals surface area contributed by atoms with E-state index >= 15 is 0 Å². The molecule has 2 N–H and O–H groups in total. The van der Waals surface area contributed by atoms with Crippen molar-refractivity contribution in [2.75, 3.05) is 12.3 Å². The number of ether oxygens (including phenoxy) is 1. The van der Waals surface area contributed by atoms with Gasteiger partial charge in [-0.1, -0.05) is 0 Å². The van der Waals surface area contributed by atoms with Gasteiger partial charge in [-0.3, -0.25) is 0 Å². The molecule has 0 aliphatic heterocycles. The summed E-state index contributed by atoms with van der Waals surface area (Å²) in [6.07, 6.45) is 0. The predicted molar refractivity (Wildman–Crippen MR) is 59.9 cm³/mol. The van der Waals surface area contributed by atoms with Gasteiger partial charge in [0.25, 0.3) is 0 Å². The monoisotopic (exact) mass is 217 g/mol. The first-order valence-corrected chi connectivity index (χ1v) is 4.91. The molecule has 0 aliphatic carbocycles. The number of anilines is 1. The first-order valence-electron chi connectivity index (χ1n) is 4.91. The normalized spacial score (nSPS) is 10.3. The van der Waals surface area contributed by atoms with E-state index in [4.69, 9.17) is 10.5 Å². The van der Waals surface area contributed by atoms with E-state index in [-0.39, 0.29) is 5.69 Å². The fourth-order valence-electron chi connectivity index (χ4n) is 1.37. The minimum absolute atomic E-state index is 0.194. The molecule has 0 bridgehead atoms. The van der Waals surface area contributed by atoms with E-state index in [1.165, 1.54) is 0 Å². The van der Waals surface area contributed by atoms with Crippen LogP contribution < -0.4 is 5.73 Å². The predicted octanol–water partition coefficient (Wildman–Crippen LogP) is 1.39. The Kier molecular flexibility index (Phi) is 2.68. The minimum atomic E-state index is -0.473. The van der Waals surface area contributed by atoms with Crippen LogP contribution in [0.15, 0.2) is 24.3 Å². The zero-order chi connectivity index (χ0) is 11.5. The van der Waals surface area contributed by atoms with Crippen molar-refractivity contribution in [1.82, 2.24) is 10.2 Å². The van der Waals surface area contributed by atoms with Gasteiger partial charge in [-0.25, -0.2) is 4.79 Å². The van der Waals surface area contributed by atoms with E-state index in [9.17, 15) is 4.79 Å². The van der Waals surface area contributed by atoms with Gasteiger partial charge in [0.05, 0.1) is 12.1 Å². The first-order chi connectivity index (χ1) is 7.70. The van der Waals surface area contributed by atoms with Crippen molar-refractivity contribution in [1.29, 1.82) is 0 Å². The van der Waals surface area contributed by atoms with Crippen molar-refractivity contribution in [3.05, 3.63) is 30.0 Å². The van der Waals surface area contributed by atoms with Crippen LogP contribution in [0.2, 0.25) is 0 Å². The molecule has 1 heterocycles. The van der Waals surface area contributed by atoms with E-state index in [1.807, 2.05) is 0 Å². The molecule has 2 rings (SSSR count). The van der Waals surface area contributed by atoms with Crippen molar-refractivity contribution in [2.45, 2.75) is 6.92 Å². The van der Waals surface area contributed by atoms with Gasteiger partial charge in [0, 0.05) is 11.1 Å². The standard InChI is InChI=1S/C11H11N3O2/c1-2-16-11(15)10-6-7-5-8(12)3-4-9(7)13-14-10/h3-6H,2,12H2,1H3. The Morgan fingerprint density at radius 2 is 2.19 bits per heavy atom. The summed E-state index contributed by atoms with van der Waals surface area (Å²) in [6, 6.07) is 6.86. The summed E-state index contributed by atoms with van der Waals surface area (Å²) in [5.74, 6) is -0.473. The third-order valence-corrected chi connectivity index (χ3v) is 2.09. The summed E-state index contributed by atoms with van der Waals surface area (Å²) < 4.78 is 4.83. The van der Waals surface area contributed by atoms with Crippen molar-refractivity contribution in [3.8, 4) is 0 Å². The lowest BCUT2D eigenvalue weighted by Gasteiger charge is -2.02. The number of fused-ring (bicyclic) bond motifs is 1. The quantitative estimate of drug-likeness (QED) is 0.607. The maximum absolute atomic E-state index is 11.4. The number of carbonyl (C=O) groups excluding carboxylic acids is 1. The summed E-state index contributed by atoms with van der Waals surface area (Å²) in [5, 5.41) is 8.48. The Hall–Kier alpha value is -2.17. The smallest absolute Gasteiger partial charge is 0.358 e. The summed E-state index contributed by atoms with van der Waals surface area (Å²) in [6.45, 7) is 2.06. The third-order valence-electron chi connectivity index (χ3n) is 2.09. The molecule has 0 amide bonds. The van der Waals surface area contributed by atoms with Crippen molar-refractivity contribution in [3.63, 3.8) is 0 Å². The Balaban J connectivity index is 2.46. The van der Waals surface area contributed by atoms with Gasteiger partial charge in [0.2, 0.25) is 0 Å². The number of hydrogen-bond acceptors (Lipinski definition) is 5. The van der Waals surface area contributed by atoms with Crippen LogP contribution in [-0.4, -0.2) is 22.8 Å². The van der Waals surface area contributed by atoms with Crippen LogP contribution in [0, 0.1) is 0 Å². The zero-order valence-electron chi connectivity index (χ0n) is 8.80. The van der Waals surface area contributed by atoms with Gasteiger partial charge in [0.1, 0.15) is 0 Å². The number of nitrogens with two attached hydrogens (primary N) is 1. The highest BCUT2D eigenvalue weighted by molar-refractivity contribution is 5.92. The number of benzene rings is 1. The Morgan fingerprint density at radius 3 is 2.94 bits per heavy atom. The van der Waals surface area contributed by atoms with E-state index in [2.05, 4.69) is 10.2 Å². The second kappa shape index (κ2) is 4.14. The molecule has 0 radical (unpaired) electrons. The zero-order valence-corrected chi connectivity index (χ0v) is 8.80. The average molecular weight is 217 g/mol. The molecular formula is C11H11N3O2. The molecule has 82 valence electrons. The molecule has 0 atom stereocenters. The Labute approximate surface area is 92.2 Å². The molecule has 1 aromatic carbocycles. The molecule has 5 heteroatoms. The molecule has 0 spiro atoms. The van der Waals surface area contributed by atoms with Crippen LogP contribution in [0.5, 0.6) is 0 Å². The number of aromatic nitrogens is 2. The number of nitrogen functional groups attached to an aromatic ring is 1. The molecule has 0 saturated carbocycles. The van der Waals surface area contributed by atoms with E-state index in [0.29, 0.717) is 17.8 Å². The number of esters is 1. The highest BCUT2D eigenvalue weighted by Gasteiger charge is 2.09. The van der Waals surface area contributed by atoms with Crippen LogP contribution in [0.4, 0.5) is 5.69 Å². The van der Waals surface area contributed by atoms with E-state index in [1.54, 1.807) is 31.2 Å². The minimum Gasteiger partial charge on any atom is -0.461 e. The molecule has 1 aromatic heterocycles. The van der Waals surface area contributed by atoms with Crippen molar-refractivity contribution in [2.24, 2.45) is 0 Å². The third kappa shape index (κ3) is 1.93. The van der Waals surface area contributed by atoms with E-state index in [0.717, 1.165) is 5.39 Å². The van der Waals surface area contributed by atoms with Crippen LogP contribution >= 0.6 is 0 Å². The lowest BCUT2D eigenvalue weighted by Crippen LogP contribution is -2.08. The molecule has 0 unspecified atom stereocenters. The fraction of sp³-hybridized carbons (Fsp3) is 0.182. The van der Waals surface area contributed by atoms with Gasteiger partial charge in [-0.05, 0) is 31.2 Å². The molecule has 2 aromatic rings. The molecule has 16 heavy (non-hydrogen) atoms. The molecule has 0 aliphatic rings. The lowest BCUT2D eigenvalue weighted by atomic mass is 10.2. The largest absolute Gasteiger partial charge is 0.461 e. The van der Waals surface area contributed by atoms with Crippen LogP contribution in [0.25, 0.3) is 10.9 Å². The first kappa shape index (κ1) is 10.4. The molecule has 5 nitrogen and oxygen atoms in total. The lowest BCUT2D eigenvalue weighted by molar-refractivity contribution is 0.0518. The molecule has 0 fully saturated rings. The van der Waals surface area contributed by atoms with Gasteiger partial charge >= 0.3 is 5.97 Å². The summed E-state index contributed by atoms with van der Waals surface area (Å²) >= 11 is 0. The second-order valence-corrected chi connectivity index (χ2v) is 3.27. The fourth-order valence-corrected chi connectivity index (χ4v) is 1.37. The summed E-state index contributed by atoms with van der Waals surface area (Å²) in [5.41, 5.74) is 7.16. The van der Waals surface area contributed by atoms with Crippen LogP contribution in [0.3, 0.4) is 0 Å². The van der Waals surface area contributed by atoms with Gasteiger partial charge in [0.15, 0.2) is 5.69 Å². The maximum Gasteiger partial charge on any atom is 0.358 e. The number of carbonyl (C=O) groups is 1. The number of nitrogens with zero attached hydrogens (tertiary/aromatic N) is 2. The average Bonchev–Trinajstić information content (AvgIpc) is 2.28. The van der Waals surface area contributed by atoms with Crippen molar-refractivity contribution >= 4 is 22.6 Å². The Bertz CT molecular complexity index is 540. The summed E-state index contributed by atoms with van der Waals surface area (Å²) in [4.78, 5) is 11.4. The van der Waals surface area contributed by atoms with Gasteiger partial charge in [-0.2, -0.15) is 0 Å². The molecular weight excluding hydrogens is 206 g/mol. The van der Waals surface area contributed by atoms with Crippen LogP contribution in [-0.2, 0) is 4.74 Å². The maximum atomic E-state index is 11.4. The van der Waals surface area contributed by atoms with Gasteiger partial charge < -0.3 is 10.5 Å². The molecule has 0 saturated heterocycles. The van der Waals surface area contributed by atoms with Crippen molar-refractivity contribution < 1.29 is 9.53 Å². The van der Waals surface area contributed by atoms with Crippen LogP contribution in [0.1, 0.15) is 17.4 Å². The highest BCUT2D eigenvalue weighted by Crippen LogP contribution is 2.15. The number of hydrogen-bond donors (Lipinski definition) is 1. The van der Waals surface area contributed by atoms with E-state index < -0.39 is 5.97 Å².